The zero-order chi connectivity index (χ0) is 17.2. The monoisotopic (exact) mass is 324 g/mol. The molecule has 0 bridgehead atoms. The molecule has 0 saturated carbocycles. The van der Waals surface area contributed by atoms with E-state index in [-0.39, 0.29) is 24.8 Å². The van der Waals surface area contributed by atoms with Gasteiger partial charge in [-0.05, 0) is 18.6 Å². The summed E-state index contributed by atoms with van der Waals surface area (Å²) < 4.78 is 15.6. The molecule has 0 heterocycles. The van der Waals surface area contributed by atoms with Crippen molar-refractivity contribution in [2.24, 2.45) is 0 Å². The highest BCUT2D eigenvalue weighted by Crippen LogP contribution is 2.38. The van der Waals surface area contributed by atoms with E-state index < -0.39 is 0 Å². The van der Waals surface area contributed by atoms with Gasteiger partial charge in [-0.15, -0.1) is 0 Å². The van der Waals surface area contributed by atoms with Gasteiger partial charge in [-0.25, -0.2) is 0 Å². The molecular formula is C16H24N2O5. The number of carbonyl (C=O) groups excluding carboxylic acids is 2. The third-order valence-corrected chi connectivity index (χ3v) is 3.14. The van der Waals surface area contributed by atoms with Crippen LogP contribution in [-0.2, 0) is 4.79 Å². The maximum atomic E-state index is 12.2. The molecule has 0 spiro atoms. The Morgan fingerprint density at radius 2 is 1.57 bits per heavy atom. The van der Waals surface area contributed by atoms with Gasteiger partial charge in [-0.3, -0.25) is 9.59 Å². The van der Waals surface area contributed by atoms with Gasteiger partial charge >= 0.3 is 0 Å². The Kier molecular flexibility index (Phi) is 7.73. The van der Waals surface area contributed by atoms with Gasteiger partial charge in [0.1, 0.15) is 0 Å². The molecule has 23 heavy (non-hydrogen) atoms. The predicted molar refractivity (Wildman–Crippen MR) is 86.3 cm³/mol. The van der Waals surface area contributed by atoms with Crippen molar-refractivity contribution in [2.45, 2.75) is 19.8 Å². The van der Waals surface area contributed by atoms with Gasteiger partial charge in [0, 0.05) is 25.1 Å². The van der Waals surface area contributed by atoms with E-state index in [0.717, 1.165) is 6.42 Å². The number of methoxy groups -OCH3 is 3. The fraction of sp³-hybridized carbons (Fsp3) is 0.500. The van der Waals surface area contributed by atoms with E-state index in [1.54, 1.807) is 12.1 Å². The first kappa shape index (κ1) is 18.6. The lowest BCUT2D eigenvalue weighted by Gasteiger charge is -2.14. The van der Waals surface area contributed by atoms with Crippen LogP contribution in [0.1, 0.15) is 30.1 Å². The number of rotatable bonds is 9. The smallest absolute Gasteiger partial charge is 0.251 e. The molecule has 0 aliphatic rings. The summed E-state index contributed by atoms with van der Waals surface area (Å²) in [5.74, 6) is 0.824. The summed E-state index contributed by atoms with van der Waals surface area (Å²) in [7, 11) is 4.46. The second-order valence-electron chi connectivity index (χ2n) is 4.77. The number of nitrogens with one attached hydrogen (secondary N) is 2. The van der Waals surface area contributed by atoms with Crippen molar-refractivity contribution < 1.29 is 23.8 Å². The second kappa shape index (κ2) is 9.55. The lowest BCUT2D eigenvalue weighted by atomic mass is 10.1. The summed E-state index contributed by atoms with van der Waals surface area (Å²) in [5, 5.41) is 5.45. The van der Waals surface area contributed by atoms with E-state index >= 15 is 0 Å². The maximum Gasteiger partial charge on any atom is 0.251 e. The maximum absolute atomic E-state index is 12.2. The molecule has 0 radical (unpaired) electrons. The molecule has 2 N–H and O–H groups in total. The van der Waals surface area contributed by atoms with E-state index in [0.29, 0.717) is 29.4 Å². The molecule has 1 aromatic rings. The van der Waals surface area contributed by atoms with Crippen molar-refractivity contribution in [1.82, 2.24) is 10.6 Å². The normalized spacial score (nSPS) is 9.91. The van der Waals surface area contributed by atoms with Gasteiger partial charge in [-0.2, -0.15) is 0 Å². The minimum atomic E-state index is -0.312. The Bertz CT molecular complexity index is 520. The average Bonchev–Trinajstić information content (AvgIpc) is 2.58. The van der Waals surface area contributed by atoms with Crippen molar-refractivity contribution in [1.29, 1.82) is 0 Å². The molecule has 128 valence electrons. The van der Waals surface area contributed by atoms with E-state index in [9.17, 15) is 9.59 Å². The number of carbonyl (C=O) groups is 2. The number of amides is 2. The zero-order valence-electron chi connectivity index (χ0n) is 14.0. The number of ether oxygens (including phenoxy) is 3. The Hall–Kier alpha value is -2.44. The van der Waals surface area contributed by atoms with Crippen LogP contribution in [0, 0.1) is 0 Å². The third kappa shape index (κ3) is 5.36. The fourth-order valence-corrected chi connectivity index (χ4v) is 1.96. The molecule has 0 unspecified atom stereocenters. The number of hydrogen-bond acceptors (Lipinski definition) is 5. The molecule has 0 aliphatic carbocycles. The summed E-state index contributed by atoms with van der Waals surface area (Å²) in [6.45, 7) is 2.87. The highest BCUT2D eigenvalue weighted by atomic mass is 16.5. The van der Waals surface area contributed by atoms with Gasteiger partial charge < -0.3 is 24.8 Å². The molecular weight excluding hydrogens is 300 g/mol. The fourth-order valence-electron chi connectivity index (χ4n) is 1.96. The molecule has 7 heteroatoms. The van der Waals surface area contributed by atoms with Gasteiger partial charge in [0.2, 0.25) is 11.7 Å². The van der Waals surface area contributed by atoms with Crippen LogP contribution in [0.5, 0.6) is 17.2 Å². The van der Waals surface area contributed by atoms with Crippen LogP contribution in [0.25, 0.3) is 0 Å². The Balaban J connectivity index is 2.71. The minimum Gasteiger partial charge on any atom is -0.493 e. The molecule has 2 amide bonds. The van der Waals surface area contributed by atoms with Crippen LogP contribution < -0.4 is 24.8 Å². The van der Waals surface area contributed by atoms with E-state index in [2.05, 4.69) is 10.6 Å². The number of benzene rings is 1. The quantitative estimate of drug-likeness (QED) is 0.716. The van der Waals surface area contributed by atoms with Gasteiger partial charge in [0.25, 0.3) is 5.91 Å². The molecule has 7 nitrogen and oxygen atoms in total. The Morgan fingerprint density at radius 3 is 2.04 bits per heavy atom. The predicted octanol–water partition coefficient (Wildman–Crippen LogP) is 1.36. The molecule has 1 rings (SSSR count). The summed E-state index contributed by atoms with van der Waals surface area (Å²) in [5.41, 5.74) is 0.369. The van der Waals surface area contributed by atoms with Gasteiger partial charge in [0.15, 0.2) is 11.5 Å². The van der Waals surface area contributed by atoms with E-state index in [1.165, 1.54) is 21.3 Å². The lowest BCUT2D eigenvalue weighted by Crippen LogP contribution is -2.31. The summed E-state index contributed by atoms with van der Waals surface area (Å²) in [6.07, 6.45) is 1.11. The first-order chi connectivity index (χ1) is 11.1. The molecule has 0 saturated heterocycles. The van der Waals surface area contributed by atoms with Crippen molar-refractivity contribution in [3.05, 3.63) is 17.7 Å². The van der Waals surface area contributed by atoms with Crippen LogP contribution in [0.4, 0.5) is 0 Å². The first-order valence-corrected chi connectivity index (χ1v) is 7.42. The highest BCUT2D eigenvalue weighted by molar-refractivity contribution is 5.95. The van der Waals surface area contributed by atoms with Crippen LogP contribution in [0.3, 0.4) is 0 Å². The van der Waals surface area contributed by atoms with Gasteiger partial charge in [0.05, 0.1) is 21.3 Å². The molecule has 0 atom stereocenters. The molecule has 0 aliphatic heterocycles. The van der Waals surface area contributed by atoms with Crippen molar-refractivity contribution >= 4 is 11.8 Å². The van der Waals surface area contributed by atoms with E-state index in [4.69, 9.17) is 14.2 Å². The molecule has 0 fully saturated rings. The zero-order valence-corrected chi connectivity index (χ0v) is 14.0. The third-order valence-electron chi connectivity index (χ3n) is 3.14. The van der Waals surface area contributed by atoms with Crippen LogP contribution in [-0.4, -0.2) is 46.2 Å². The van der Waals surface area contributed by atoms with Gasteiger partial charge in [-0.1, -0.05) is 6.92 Å². The standard InChI is InChI=1S/C16H24N2O5/c1-5-7-17-14(19)6-8-18-16(20)11-9-12(21-2)15(23-4)13(10-11)22-3/h9-10H,5-8H2,1-4H3,(H,17,19)(H,18,20). The number of hydrogen-bond donors (Lipinski definition) is 2. The largest absolute Gasteiger partial charge is 0.493 e. The van der Waals surface area contributed by atoms with Crippen LogP contribution in [0.15, 0.2) is 12.1 Å². The lowest BCUT2D eigenvalue weighted by molar-refractivity contribution is -0.120. The van der Waals surface area contributed by atoms with Crippen molar-refractivity contribution in [3.63, 3.8) is 0 Å². The van der Waals surface area contributed by atoms with Crippen LogP contribution in [0.2, 0.25) is 0 Å². The second-order valence-corrected chi connectivity index (χ2v) is 4.77. The van der Waals surface area contributed by atoms with E-state index in [1.807, 2.05) is 6.92 Å². The topological polar surface area (TPSA) is 85.9 Å². The minimum absolute atomic E-state index is 0.0861. The average molecular weight is 324 g/mol. The summed E-state index contributed by atoms with van der Waals surface area (Å²) in [4.78, 5) is 23.7. The summed E-state index contributed by atoms with van der Waals surface area (Å²) in [6, 6.07) is 3.13. The Labute approximate surface area is 136 Å². The highest BCUT2D eigenvalue weighted by Gasteiger charge is 2.16. The Morgan fingerprint density at radius 1 is 0.957 bits per heavy atom. The summed E-state index contributed by atoms with van der Waals surface area (Å²) >= 11 is 0. The first-order valence-electron chi connectivity index (χ1n) is 7.42. The SMILES string of the molecule is CCCNC(=O)CCNC(=O)c1cc(OC)c(OC)c(OC)c1. The molecule has 0 aromatic heterocycles. The van der Waals surface area contributed by atoms with Crippen molar-refractivity contribution in [2.75, 3.05) is 34.4 Å². The van der Waals surface area contributed by atoms with Crippen molar-refractivity contribution in [3.8, 4) is 17.2 Å². The van der Waals surface area contributed by atoms with Crippen LogP contribution >= 0.6 is 0 Å². The molecule has 1 aromatic carbocycles.